The quantitative estimate of drug-likeness (QED) is 0.520. The van der Waals surface area contributed by atoms with Crippen molar-refractivity contribution in [1.82, 2.24) is 20.2 Å². The Balaban J connectivity index is 1.75. The van der Waals surface area contributed by atoms with Gasteiger partial charge in [-0.1, -0.05) is 23.7 Å². The van der Waals surface area contributed by atoms with Crippen molar-refractivity contribution in [1.29, 1.82) is 0 Å². The first-order chi connectivity index (χ1) is 12.8. The minimum Gasteiger partial charge on any atom is -0.273 e. The van der Waals surface area contributed by atoms with E-state index in [9.17, 15) is 4.79 Å². The molecule has 0 aliphatic carbocycles. The summed E-state index contributed by atoms with van der Waals surface area (Å²) in [6.45, 7) is 7.79. The highest BCUT2D eigenvalue weighted by Gasteiger charge is 2.15. The summed E-state index contributed by atoms with van der Waals surface area (Å²) in [4.78, 5) is 16.2. The number of rotatable bonds is 5. The van der Waals surface area contributed by atoms with Gasteiger partial charge in [0.25, 0.3) is 0 Å². The lowest BCUT2D eigenvalue weighted by molar-refractivity contribution is -0.120. The summed E-state index contributed by atoms with van der Waals surface area (Å²) in [6, 6.07) is 6.11. The molecule has 1 amide bonds. The summed E-state index contributed by atoms with van der Waals surface area (Å²) >= 11 is 8.04. The first-order valence-corrected chi connectivity index (χ1v) is 9.66. The van der Waals surface area contributed by atoms with E-state index < -0.39 is 0 Å². The Hall–Kier alpha value is -2.51. The van der Waals surface area contributed by atoms with E-state index in [1.807, 2.05) is 51.3 Å². The number of aryl methyl sites for hydroxylation is 4. The molecule has 0 spiro atoms. The summed E-state index contributed by atoms with van der Waals surface area (Å²) < 4.78 is 1.69. The molecular weight excluding hydrogens is 382 g/mol. The van der Waals surface area contributed by atoms with Gasteiger partial charge >= 0.3 is 0 Å². The molecule has 1 N–H and O–H groups in total. The van der Waals surface area contributed by atoms with Gasteiger partial charge < -0.3 is 0 Å². The van der Waals surface area contributed by atoms with Crippen LogP contribution in [0.25, 0.3) is 5.69 Å². The number of carbonyl (C=O) groups excluding carboxylic acids is 1. The maximum absolute atomic E-state index is 12.0. The van der Waals surface area contributed by atoms with Gasteiger partial charge in [0.1, 0.15) is 5.15 Å². The molecule has 3 rings (SSSR count). The second-order valence-corrected chi connectivity index (χ2v) is 7.74. The van der Waals surface area contributed by atoms with Gasteiger partial charge in [0.15, 0.2) is 0 Å². The van der Waals surface area contributed by atoms with Crippen molar-refractivity contribution in [3.05, 3.63) is 61.8 Å². The van der Waals surface area contributed by atoms with E-state index in [0.29, 0.717) is 10.7 Å². The van der Waals surface area contributed by atoms with E-state index in [-0.39, 0.29) is 12.3 Å². The van der Waals surface area contributed by atoms with E-state index in [1.165, 1.54) is 17.6 Å². The molecule has 0 saturated heterocycles. The van der Waals surface area contributed by atoms with Crippen molar-refractivity contribution >= 4 is 35.1 Å². The molecular formula is C19H20ClN5OS. The SMILES string of the molecule is Cc1ccc(C)c(-n2nc(C)c(/C=N\NC(=O)Cc3csc(C)n3)c2Cl)c1. The highest BCUT2D eigenvalue weighted by Crippen LogP contribution is 2.24. The Kier molecular flexibility index (Phi) is 5.72. The summed E-state index contributed by atoms with van der Waals surface area (Å²) in [5.41, 5.74) is 7.77. The Morgan fingerprint density at radius 2 is 2.11 bits per heavy atom. The number of aromatic nitrogens is 3. The standard InChI is InChI=1S/C19H20ClN5OS/c1-11-5-6-12(2)17(7-11)25-19(20)16(13(3)24-25)9-21-23-18(26)8-15-10-27-14(4)22-15/h5-7,9-10H,8H2,1-4H3,(H,23,26)/b21-9-. The molecule has 6 nitrogen and oxygen atoms in total. The number of benzene rings is 1. The monoisotopic (exact) mass is 401 g/mol. The maximum Gasteiger partial charge on any atom is 0.246 e. The van der Waals surface area contributed by atoms with Gasteiger partial charge in [-0.25, -0.2) is 15.1 Å². The smallest absolute Gasteiger partial charge is 0.246 e. The molecule has 0 saturated carbocycles. The van der Waals surface area contributed by atoms with Crippen LogP contribution in [0.4, 0.5) is 0 Å². The molecule has 27 heavy (non-hydrogen) atoms. The minimum atomic E-state index is -0.229. The molecule has 140 valence electrons. The molecule has 0 aliphatic rings. The van der Waals surface area contributed by atoms with Gasteiger partial charge in [0, 0.05) is 5.38 Å². The number of amides is 1. The molecule has 8 heteroatoms. The lowest BCUT2D eigenvalue weighted by Gasteiger charge is -2.08. The van der Waals surface area contributed by atoms with Crippen molar-refractivity contribution in [3.63, 3.8) is 0 Å². The number of halogens is 1. The van der Waals surface area contributed by atoms with Crippen molar-refractivity contribution in [3.8, 4) is 5.69 Å². The molecule has 0 unspecified atom stereocenters. The first kappa shape index (κ1) is 19.3. The lowest BCUT2D eigenvalue weighted by atomic mass is 10.1. The van der Waals surface area contributed by atoms with Crippen LogP contribution in [0.3, 0.4) is 0 Å². The van der Waals surface area contributed by atoms with Gasteiger partial charge in [-0.05, 0) is 44.9 Å². The Morgan fingerprint density at radius 1 is 1.33 bits per heavy atom. The predicted molar refractivity (Wildman–Crippen MR) is 109 cm³/mol. The van der Waals surface area contributed by atoms with Crippen LogP contribution in [-0.2, 0) is 11.2 Å². The van der Waals surface area contributed by atoms with Gasteiger partial charge in [-0.2, -0.15) is 10.2 Å². The van der Waals surface area contributed by atoms with Crippen LogP contribution in [-0.4, -0.2) is 26.9 Å². The normalized spacial score (nSPS) is 11.3. The van der Waals surface area contributed by atoms with Crippen molar-refractivity contribution in [2.45, 2.75) is 34.1 Å². The Labute approximate surface area is 166 Å². The summed E-state index contributed by atoms with van der Waals surface area (Å²) in [6.07, 6.45) is 1.71. The zero-order valence-electron chi connectivity index (χ0n) is 15.6. The molecule has 3 aromatic rings. The van der Waals surface area contributed by atoms with Crippen LogP contribution in [0.1, 0.15) is 33.1 Å². The van der Waals surface area contributed by atoms with Gasteiger partial charge in [0.2, 0.25) is 5.91 Å². The Morgan fingerprint density at radius 3 is 2.81 bits per heavy atom. The average molecular weight is 402 g/mol. The largest absolute Gasteiger partial charge is 0.273 e. The third-order valence-electron chi connectivity index (χ3n) is 4.03. The zero-order chi connectivity index (χ0) is 19.6. The van der Waals surface area contributed by atoms with Crippen LogP contribution in [0.5, 0.6) is 0 Å². The number of nitrogens with zero attached hydrogens (tertiary/aromatic N) is 4. The fraction of sp³-hybridized carbons (Fsp3) is 0.263. The number of hydrogen-bond donors (Lipinski definition) is 1. The maximum atomic E-state index is 12.0. The van der Waals surface area contributed by atoms with Crippen LogP contribution >= 0.6 is 22.9 Å². The van der Waals surface area contributed by atoms with Crippen LogP contribution < -0.4 is 5.43 Å². The van der Waals surface area contributed by atoms with Gasteiger partial charge in [-0.3, -0.25) is 4.79 Å². The van der Waals surface area contributed by atoms with Crippen molar-refractivity contribution in [2.75, 3.05) is 0 Å². The molecule has 0 fully saturated rings. The molecule has 0 radical (unpaired) electrons. The van der Waals surface area contributed by atoms with E-state index in [4.69, 9.17) is 11.6 Å². The number of nitrogens with one attached hydrogen (secondary N) is 1. The molecule has 1 aromatic carbocycles. The molecule has 0 atom stereocenters. The molecule has 2 aromatic heterocycles. The highest BCUT2D eigenvalue weighted by atomic mass is 35.5. The zero-order valence-corrected chi connectivity index (χ0v) is 17.1. The van der Waals surface area contributed by atoms with Crippen molar-refractivity contribution in [2.24, 2.45) is 5.10 Å². The summed E-state index contributed by atoms with van der Waals surface area (Å²) in [5.74, 6) is -0.229. The van der Waals surface area contributed by atoms with Crippen molar-refractivity contribution < 1.29 is 4.79 Å². The van der Waals surface area contributed by atoms with E-state index >= 15 is 0 Å². The molecule has 0 aliphatic heterocycles. The number of hydrogen-bond acceptors (Lipinski definition) is 5. The van der Waals surface area contributed by atoms with E-state index in [1.54, 1.807) is 4.68 Å². The second-order valence-electron chi connectivity index (χ2n) is 6.32. The number of carbonyl (C=O) groups is 1. The van der Waals surface area contributed by atoms with Gasteiger partial charge in [0.05, 0.1) is 40.3 Å². The third kappa shape index (κ3) is 4.43. The van der Waals surface area contributed by atoms with Crippen LogP contribution in [0.15, 0.2) is 28.7 Å². The van der Waals surface area contributed by atoms with Crippen LogP contribution in [0, 0.1) is 27.7 Å². The highest BCUT2D eigenvalue weighted by molar-refractivity contribution is 7.09. The second kappa shape index (κ2) is 8.02. The molecule has 2 heterocycles. The number of hydrazone groups is 1. The third-order valence-corrected chi connectivity index (χ3v) is 5.22. The van der Waals surface area contributed by atoms with Gasteiger partial charge in [-0.15, -0.1) is 11.3 Å². The van der Waals surface area contributed by atoms with E-state index in [2.05, 4.69) is 20.6 Å². The topological polar surface area (TPSA) is 72.2 Å². The fourth-order valence-electron chi connectivity index (χ4n) is 2.63. The van der Waals surface area contributed by atoms with E-state index in [0.717, 1.165) is 33.2 Å². The molecule has 0 bridgehead atoms. The fourth-order valence-corrected chi connectivity index (χ4v) is 3.55. The lowest BCUT2D eigenvalue weighted by Crippen LogP contribution is -2.20. The number of thiazole rings is 1. The first-order valence-electron chi connectivity index (χ1n) is 8.41. The summed E-state index contributed by atoms with van der Waals surface area (Å²) in [5, 5.41) is 11.8. The average Bonchev–Trinajstić information content (AvgIpc) is 3.14. The minimum absolute atomic E-state index is 0.191. The van der Waals surface area contributed by atoms with Crippen LogP contribution in [0.2, 0.25) is 5.15 Å². The predicted octanol–water partition coefficient (Wildman–Crippen LogP) is 3.91. The Bertz CT molecular complexity index is 1020. The summed E-state index contributed by atoms with van der Waals surface area (Å²) in [7, 11) is 0.